The molecule has 0 bridgehead atoms. The Morgan fingerprint density at radius 3 is 2.36 bits per heavy atom. The Kier molecular flexibility index (Phi) is 6.25. The van der Waals surface area contributed by atoms with Crippen molar-refractivity contribution in [3.05, 3.63) is 0 Å². The van der Waals surface area contributed by atoms with Gasteiger partial charge in [0, 0.05) is 0 Å². The van der Waals surface area contributed by atoms with E-state index in [1.807, 2.05) is 0 Å². The molecule has 0 aromatic carbocycles. The number of fused-ring (bicyclic) bond motifs is 5. The van der Waals surface area contributed by atoms with Gasteiger partial charge >= 0.3 is 0 Å². The third-order valence-electron chi connectivity index (χ3n) is 11.0. The van der Waals surface area contributed by atoms with E-state index < -0.39 is 0 Å². The average molecular weight is 501 g/mol. The molecule has 0 radical (unpaired) electrons. The molecule has 0 aromatic rings. The summed E-state index contributed by atoms with van der Waals surface area (Å²) >= 11 is 2.57. The highest BCUT2D eigenvalue weighted by atomic mass is 127. The maximum atomic E-state index is 11.8. The van der Waals surface area contributed by atoms with Crippen molar-refractivity contribution in [2.45, 2.75) is 98.5 Å². The van der Waals surface area contributed by atoms with Crippen molar-refractivity contribution in [3.63, 3.8) is 0 Å². The summed E-state index contributed by atoms with van der Waals surface area (Å²) < 4.78 is 1.29. The van der Waals surface area contributed by atoms with Crippen molar-refractivity contribution in [1.29, 1.82) is 0 Å². The number of hydrogen-bond acceptors (Lipinski definition) is 1. The molecule has 4 aliphatic rings. The lowest BCUT2D eigenvalue weighted by atomic mass is 9.41. The van der Waals surface area contributed by atoms with Gasteiger partial charge in [0.15, 0.2) is 0 Å². The smallest absolute Gasteiger partial charge is 0.0605 e. The maximum Gasteiger partial charge on any atom is 0.0605 e. The number of alkyl halides is 1. The van der Waals surface area contributed by atoms with Gasteiger partial charge in [-0.25, -0.2) is 0 Å². The molecule has 4 fully saturated rings. The SMILES string of the molecule is CC[C@H]1[C@@H](O)[C@@H]2[C@H](CC[C@]3(C)[C@@H]([C@H](C)CCI)CC[C@@H]23)[C@@]2(C)CC[C@@H](C)C[C@@H]12. The second-order valence-corrected chi connectivity index (χ2v) is 13.1. The summed E-state index contributed by atoms with van der Waals surface area (Å²) in [6, 6.07) is 0. The molecule has 4 rings (SSSR count). The van der Waals surface area contributed by atoms with Gasteiger partial charge in [-0.1, -0.05) is 70.1 Å². The van der Waals surface area contributed by atoms with Gasteiger partial charge in [-0.3, -0.25) is 0 Å². The molecule has 0 amide bonds. The molecule has 4 saturated carbocycles. The molecule has 0 saturated heterocycles. The van der Waals surface area contributed by atoms with Crippen LogP contribution < -0.4 is 0 Å². The second-order valence-electron chi connectivity index (χ2n) is 12.0. The van der Waals surface area contributed by atoms with Crippen LogP contribution in [0.3, 0.4) is 0 Å². The molecule has 162 valence electrons. The molecule has 0 heterocycles. The Labute approximate surface area is 188 Å². The van der Waals surface area contributed by atoms with Crippen LogP contribution in [0.25, 0.3) is 0 Å². The van der Waals surface area contributed by atoms with Crippen LogP contribution in [0.15, 0.2) is 0 Å². The van der Waals surface area contributed by atoms with Crippen LogP contribution in [0.5, 0.6) is 0 Å². The van der Waals surface area contributed by atoms with E-state index in [4.69, 9.17) is 0 Å². The fraction of sp³-hybridized carbons (Fsp3) is 1.00. The van der Waals surface area contributed by atoms with Crippen molar-refractivity contribution in [2.75, 3.05) is 4.43 Å². The molecular formula is C26H45IO. The van der Waals surface area contributed by atoms with E-state index in [1.165, 1.54) is 62.2 Å². The third kappa shape index (κ3) is 3.16. The first-order chi connectivity index (χ1) is 13.3. The molecular weight excluding hydrogens is 455 g/mol. The van der Waals surface area contributed by atoms with Crippen LogP contribution in [-0.2, 0) is 0 Å². The molecule has 28 heavy (non-hydrogen) atoms. The molecule has 0 aromatic heterocycles. The van der Waals surface area contributed by atoms with Gasteiger partial charge in [0.2, 0.25) is 0 Å². The van der Waals surface area contributed by atoms with Crippen LogP contribution in [0.2, 0.25) is 0 Å². The summed E-state index contributed by atoms with van der Waals surface area (Å²) in [7, 11) is 0. The lowest BCUT2D eigenvalue weighted by molar-refractivity contribution is -0.198. The summed E-state index contributed by atoms with van der Waals surface area (Å²) in [4.78, 5) is 0. The zero-order valence-corrected chi connectivity index (χ0v) is 21.2. The van der Waals surface area contributed by atoms with E-state index in [9.17, 15) is 5.11 Å². The van der Waals surface area contributed by atoms with Gasteiger partial charge in [-0.05, 0) is 108 Å². The third-order valence-corrected chi connectivity index (χ3v) is 11.6. The predicted molar refractivity (Wildman–Crippen MR) is 128 cm³/mol. The van der Waals surface area contributed by atoms with Gasteiger partial charge in [0.05, 0.1) is 6.10 Å². The average Bonchev–Trinajstić information content (AvgIpc) is 3.01. The van der Waals surface area contributed by atoms with Crippen LogP contribution >= 0.6 is 22.6 Å². The lowest BCUT2D eigenvalue weighted by Crippen LogP contribution is -2.61. The quantitative estimate of drug-likeness (QED) is 0.316. The Morgan fingerprint density at radius 2 is 1.68 bits per heavy atom. The molecule has 0 aliphatic heterocycles. The highest BCUT2D eigenvalue weighted by molar-refractivity contribution is 14.1. The summed E-state index contributed by atoms with van der Waals surface area (Å²) in [6.45, 7) is 12.6. The molecule has 0 spiro atoms. The number of aliphatic hydroxyl groups is 1. The predicted octanol–water partition coefficient (Wildman–Crippen LogP) is 7.35. The molecule has 0 unspecified atom stereocenters. The van der Waals surface area contributed by atoms with E-state index >= 15 is 0 Å². The number of hydrogen-bond donors (Lipinski definition) is 1. The first-order valence-corrected chi connectivity index (χ1v) is 14.0. The Bertz CT molecular complexity index is 563. The summed E-state index contributed by atoms with van der Waals surface area (Å²) in [5.41, 5.74) is 0.973. The number of halogens is 1. The molecule has 11 atom stereocenters. The van der Waals surface area contributed by atoms with Crippen molar-refractivity contribution in [2.24, 2.45) is 58.2 Å². The highest BCUT2D eigenvalue weighted by Crippen LogP contribution is 2.69. The summed E-state index contributed by atoms with van der Waals surface area (Å²) in [6.07, 6.45) is 12.3. The standard InChI is InChI=1S/C26H45IO/c1-6-18-22-15-16(2)9-12-26(22,5)21-10-13-25(4)19(17(3)11-14-27)7-8-20(25)23(21)24(18)28/h16-24,28H,6-15H2,1-5H3/t16-,17-,18-,19-,20+,21+,22+,23+,24-,25-,26-/m1/s1. The van der Waals surface area contributed by atoms with Gasteiger partial charge in [-0.15, -0.1) is 0 Å². The molecule has 4 aliphatic carbocycles. The van der Waals surface area contributed by atoms with Gasteiger partial charge in [0.25, 0.3) is 0 Å². The van der Waals surface area contributed by atoms with E-state index in [2.05, 4.69) is 57.2 Å². The van der Waals surface area contributed by atoms with Crippen LogP contribution in [0.4, 0.5) is 0 Å². The molecule has 1 nitrogen and oxygen atoms in total. The monoisotopic (exact) mass is 500 g/mol. The van der Waals surface area contributed by atoms with Crippen molar-refractivity contribution in [3.8, 4) is 0 Å². The highest BCUT2D eigenvalue weighted by Gasteiger charge is 2.64. The minimum atomic E-state index is -0.0402. The minimum Gasteiger partial charge on any atom is -0.393 e. The number of rotatable bonds is 4. The first kappa shape index (κ1) is 21.9. The van der Waals surface area contributed by atoms with Crippen molar-refractivity contribution in [1.82, 2.24) is 0 Å². The topological polar surface area (TPSA) is 20.2 Å². The van der Waals surface area contributed by atoms with E-state index in [0.717, 1.165) is 35.5 Å². The van der Waals surface area contributed by atoms with Crippen molar-refractivity contribution >= 4 is 22.6 Å². The van der Waals surface area contributed by atoms with Gasteiger partial charge in [-0.2, -0.15) is 0 Å². The fourth-order valence-electron chi connectivity index (χ4n) is 9.53. The Hall–Kier alpha value is 0.690. The summed E-state index contributed by atoms with van der Waals surface area (Å²) in [5.74, 6) is 6.03. The number of aliphatic hydroxyl groups excluding tert-OH is 1. The van der Waals surface area contributed by atoms with Crippen LogP contribution in [-0.4, -0.2) is 15.6 Å². The summed E-state index contributed by atoms with van der Waals surface area (Å²) in [5, 5.41) is 11.8. The normalized spacial score (nSPS) is 54.5. The Morgan fingerprint density at radius 1 is 1.00 bits per heavy atom. The molecule has 1 N–H and O–H groups in total. The lowest BCUT2D eigenvalue weighted by Gasteiger charge is -2.65. The fourth-order valence-corrected chi connectivity index (χ4v) is 10.5. The first-order valence-electron chi connectivity index (χ1n) is 12.5. The molecule has 2 heteroatoms. The van der Waals surface area contributed by atoms with Gasteiger partial charge < -0.3 is 5.11 Å². The van der Waals surface area contributed by atoms with Crippen molar-refractivity contribution < 1.29 is 5.11 Å². The zero-order chi connectivity index (χ0) is 20.3. The Balaban J connectivity index is 1.67. The van der Waals surface area contributed by atoms with Crippen LogP contribution in [0, 0.1) is 58.2 Å². The van der Waals surface area contributed by atoms with E-state index in [-0.39, 0.29) is 6.10 Å². The van der Waals surface area contributed by atoms with Gasteiger partial charge in [0.1, 0.15) is 0 Å². The van der Waals surface area contributed by atoms with E-state index in [1.54, 1.807) is 0 Å². The maximum absolute atomic E-state index is 11.8. The zero-order valence-electron chi connectivity index (χ0n) is 19.1. The van der Waals surface area contributed by atoms with E-state index in [0.29, 0.717) is 22.7 Å². The minimum absolute atomic E-state index is 0.0402. The second kappa shape index (κ2) is 7.99. The largest absolute Gasteiger partial charge is 0.393 e. The van der Waals surface area contributed by atoms with Crippen LogP contribution in [0.1, 0.15) is 92.4 Å².